The first kappa shape index (κ1) is 11.4. The van der Waals surface area contributed by atoms with Gasteiger partial charge in [0.05, 0.1) is 6.61 Å². The van der Waals surface area contributed by atoms with Crippen molar-refractivity contribution < 1.29 is 33.9 Å². The summed E-state index contributed by atoms with van der Waals surface area (Å²) in [6, 6.07) is 0. The fourth-order valence-electron chi connectivity index (χ4n) is 0.582. The fraction of sp³-hybridized carbons (Fsp3) is 0.800. The van der Waals surface area contributed by atoms with Gasteiger partial charge in [0.2, 0.25) is 0 Å². The van der Waals surface area contributed by atoms with Gasteiger partial charge in [-0.15, -0.1) is 0 Å². The number of hydrogen-bond donors (Lipinski definition) is 2. The number of aliphatic hydroxyl groups excluding tert-OH is 2. The lowest BCUT2D eigenvalue weighted by Crippen LogP contribution is -2.41. The molecule has 0 aliphatic carbocycles. The quantitative estimate of drug-likeness (QED) is 0.524. The molecule has 0 unspecified atom stereocenters. The van der Waals surface area contributed by atoms with Crippen molar-refractivity contribution in [2.45, 2.75) is 18.3 Å². The molecule has 0 saturated heterocycles. The molecule has 0 rings (SSSR count). The van der Waals surface area contributed by atoms with Crippen molar-refractivity contribution in [2.24, 2.45) is 0 Å². The molecule has 0 radical (unpaired) electrons. The highest BCUT2D eigenvalue weighted by atomic mass is 19.3. The average Bonchev–Trinajstić information content (AvgIpc) is 2.12. The molecule has 0 aromatic rings. The van der Waals surface area contributed by atoms with Crippen LogP contribution in [0.15, 0.2) is 0 Å². The normalized spacial score (nSPS) is 18.3. The van der Waals surface area contributed by atoms with Crippen LogP contribution in [0.3, 0.4) is 0 Å². The highest BCUT2D eigenvalue weighted by Gasteiger charge is 2.31. The number of carbonyl (C=O) groups excluding carboxylic acids is 1. The largest absolute Gasteiger partial charge is 0.394 e. The van der Waals surface area contributed by atoms with Gasteiger partial charge in [-0.25, -0.2) is 0 Å². The average molecular weight is 186 g/mol. The van der Waals surface area contributed by atoms with Crippen LogP contribution >= 0.6 is 0 Å². The predicted octanol–water partition coefficient (Wildman–Crippen LogP) is -0.922. The predicted molar refractivity (Wildman–Crippen MR) is 31.1 cm³/mol. The Bertz CT molecular complexity index is 133. The van der Waals surface area contributed by atoms with Gasteiger partial charge < -0.3 is 15.0 Å². The molecule has 0 aromatic heterocycles. The van der Waals surface area contributed by atoms with Gasteiger partial charge in [-0.2, -0.15) is 9.88 Å². The van der Waals surface area contributed by atoms with Crippen LogP contribution in [0.1, 0.15) is 0 Å². The number of aldehydes is 1. The summed E-state index contributed by atoms with van der Waals surface area (Å²) in [6.45, 7) is -0.873. The minimum Gasteiger partial charge on any atom is -0.394 e. The second-order valence-electron chi connectivity index (χ2n) is 1.99. The minimum atomic E-state index is -1.89. The van der Waals surface area contributed by atoms with E-state index in [-0.39, 0.29) is 6.29 Å². The first-order valence-corrected chi connectivity index (χ1v) is 3.00. The lowest BCUT2D eigenvalue weighted by Gasteiger charge is -2.18. The maximum Gasteiger partial charge on any atom is 0.185 e. The van der Waals surface area contributed by atoms with Crippen LogP contribution in [-0.4, -0.2) is 41.4 Å². The van der Waals surface area contributed by atoms with Crippen molar-refractivity contribution in [2.75, 3.05) is 6.61 Å². The van der Waals surface area contributed by atoms with Gasteiger partial charge in [0.25, 0.3) is 0 Å². The Labute approximate surface area is 66.3 Å². The summed E-state index contributed by atoms with van der Waals surface area (Å²) in [5.74, 6) is 0. The highest BCUT2D eigenvalue weighted by Crippen LogP contribution is 2.08. The SMILES string of the molecule is O=C[C@H](OF)[C@H](OF)[C@H](O)CO. The van der Waals surface area contributed by atoms with Gasteiger partial charge in [0.15, 0.2) is 18.5 Å². The molecule has 0 fully saturated rings. The molecule has 72 valence electrons. The third-order valence-corrected chi connectivity index (χ3v) is 1.23. The summed E-state index contributed by atoms with van der Waals surface area (Å²) in [7, 11) is 0. The Morgan fingerprint density at radius 2 is 2.00 bits per heavy atom. The van der Waals surface area contributed by atoms with Crippen LogP contribution < -0.4 is 0 Å². The van der Waals surface area contributed by atoms with Crippen molar-refractivity contribution in [3.05, 3.63) is 0 Å². The molecule has 0 aliphatic rings. The molecule has 0 aliphatic heterocycles. The molecule has 0 aromatic carbocycles. The summed E-state index contributed by atoms with van der Waals surface area (Å²) in [4.78, 5) is 16.0. The second-order valence-corrected chi connectivity index (χ2v) is 1.99. The van der Waals surface area contributed by atoms with Crippen molar-refractivity contribution in [3.63, 3.8) is 0 Å². The van der Waals surface area contributed by atoms with Crippen LogP contribution in [0.25, 0.3) is 0 Å². The highest BCUT2D eigenvalue weighted by molar-refractivity contribution is 5.57. The Balaban J connectivity index is 4.19. The molecule has 12 heavy (non-hydrogen) atoms. The van der Waals surface area contributed by atoms with Gasteiger partial charge in [-0.3, -0.25) is 0 Å². The van der Waals surface area contributed by atoms with Crippen molar-refractivity contribution >= 4 is 6.29 Å². The Kier molecular flexibility index (Phi) is 5.64. The molecule has 0 bridgehead atoms. The van der Waals surface area contributed by atoms with E-state index in [0.717, 1.165) is 0 Å². The third-order valence-electron chi connectivity index (χ3n) is 1.23. The molecule has 0 heterocycles. The molecule has 0 spiro atoms. The lowest BCUT2D eigenvalue weighted by atomic mass is 10.1. The van der Waals surface area contributed by atoms with Gasteiger partial charge >= 0.3 is 0 Å². The summed E-state index contributed by atoms with van der Waals surface area (Å²) >= 11 is 0. The number of carbonyl (C=O) groups is 1. The van der Waals surface area contributed by atoms with E-state index in [1.165, 1.54) is 0 Å². The zero-order valence-electron chi connectivity index (χ0n) is 5.89. The Morgan fingerprint density at radius 1 is 1.42 bits per heavy atom. The van der Waals surface area contributed by atoms with Crippen LogP contribution in [0.5, 0.6) is 0 Å². The lowest BCUT2D eigenvalue weighted by molar-refractivity contribution is -0.280. The van der Waals surface area contributed by atoms with Gasteiger partial charge in [-0.05, 0) is 9.05 Å². The topological polar surface area (TPSA) is 76.0 Å². The van der Waals surface area contributed by atoms with Crippen molar-refractivity contribution in [1.29, 1.82) is 0 Å². The third kappa shape index (κ3) is 2.78. The standard InChI is InChI=1S/C5H8F2O5/c6-11-4(2-9)5(12-7)3(10)1-8/h2-5,8,10H,1H2/t3-,4+,5-/m1/s1. The molecule has 3 atom stereocenters. The number of halogens is 2. The van der Waals surface area contributed by atoms with Gasteiger partial charge in [0, 0.05) is 0 Å². The van der Waals surface area contributed by atoms with Crippen LogP contribution in [0, 0.1) is 0 Å². The van der Waals surface area contributed by atoms with E-state index in [2.05, 4.69) is 9.88 Å². The van der Waals surface area contributed by atoms with E-state index in [9.17, 15) is 13.8 Å². The first-order chi connectivity index (χ1) is 5.71. The first-order valence-electron chi connectivity index (χ1n) is 3.00. The zero-order chi connectivity index (χ0) is 9.56. The summed E-state index contributed by atoms with van der Waals surface area (Å²) in [5, 5.41) is 17.0. The van der Waals surface area contributed by atoms with E-state index in [0.29, 0.717) is 0 Å². The molecule has 7 heteroatoms. The van der Waals surface area contributed by atoms with Crippen molar-refractivity contribution in [1.82, 2.24) is 0 Å². The monoisotopic (exact) mass is 186 g/mol. The van der Waals surface area contributed by atoms with E-state index >= 15 is 0 Å². The van der Waals surface area contributed by atoms with E-state index in [1.807, 2.05) is 0 Å². The summed E-state index contributed by atoms with van der Waals surface area (Å²) < 4.78 is 23.0. The molecule has 0 amide bonds. The van der Waals surface area contributed by atoms with E-state index in [4.69, 9.17) is 10.2 Å². The maximum absolute atomic E-state index is 11.5. The summed E-state index contributed by atoms with van der Waals surface area (Å²) in [6.07, 6.45) is -5.57. The second kappa shape index (κ2) is 5.95. The fourth-order valence-corrected chi connectivity index (χ4v) is 0.582. The maximum atomic E-state index is 11.5. The number of aliphatic hydroxyl groups is 2. The van der Waals surface area contributed by atoms with Crippen LogP contribution in [0.2, 0.25) is 0 Å². The molecule has 0 saturated carbocycles. The number of hydrogen-bond acceptors (Lipinski definition) is 5. The molecular weight excluding hydrogens is 178 g/mol. The van der Waals surface area contributed by atoms with Crippen molar-refractivity contribution in [3.8, 4) is 0 Å². The van der Waals surface area contributed by atoms with Crippen LogP contribution in [-0.2, 0) is 14.7 Å². The van der Waals surface area contributed by atoms with Crippen LogP contribution in [0.4, 0.5) is 9.05 Å². The zero-order valence-corrected chi connectivity index (χ0v) is 5.89. The summed E-state index contributed by atoms with van der Waals surface area (Å²) in [5.41, 5.74) is 0. The number of rotatable bonds is 6. The Morgan fingerprint density at radius 3 is 2.25 bits per heavy atom. The minimum absolute atomic E-state index is 0.0941. The van der Waals surface area contributed by atoms with E-state index in [1.54, 1.807) is 0 Å². The molecule has 2 N–H and O–H groups in total. The molecule has 5 nitrogen and oxygen atoms in total. The van der Waals surface area contributed by atoms with Gasteiger partial charge in [-0.1, -0.05) is 0 Å². The van der Waals surface area contributed by atoms with E-state index < -0.39 is 24.9 Å². The molecular formula is C5H8F2O5. The smallest absolute Gasteiger partial charge is 0.185 e. The van der Waals surface area contributed by atoms with Gasteiger partial charge in [0.1, 0.15) is 6.10 Å². The Hall–Kier alpha value is -0.630.